The largest absolute Gasteiger partial charge is 0.495 e. The molecule has 168 valence electrons. The van der Waals surface area contributed by atoms with Crippen LogP contribution in [-0.4, -0.2) is 45.7 Å². The molecule has 0 unspecified atom stereocenters. The highest BCUT2D eigenvalue weighted by Gasteiger charge is 2.25. The summed E-state index contributed by atoms with van der Waals surface area (Å²) in [7, 11) is 4.19. The van der Waals surface area contributed by atoms with Gasteiger partial charge in [0, 0.05) is 17.8 Å². The second-order valence-electron chi connectivity index (χ2n) is 6.72. The van der Waals surface area contributed by atoms with Gasteiger partial charge >= 0.3 is 5.97 Å². The number of esters is 1. The minimum absolute atomic E-state index is 0.113. The molecule has 0 aromatic heterocycles. The van der Waals surface area contributed by atoms with Gasteiger partial charge in [0.1, 0.15) is 18.0 Å². The Balaban J connectivity index is 1.86. The Hall–Kier alpha value is -3.72. The van der Waals surface area contributed by atoms with Crippen LogP contribution < -0.4 is 25.0 Å². The smallest absolute Gasteiger partial charge is 0.311 e. The van der Waals surface area contributed by atoms with Crippen molar-refractivity contribution in [3.05, 3.63) is 53.2 Å². The Labute approximate surface area is 189 Å². The molecule has 0 radical (unpaired) electrons. The number of halogens is 1. The third-order valence-corrected chi connectivity index (χ3v) is 4.96. The zero-order chi connectivity index (χ0) is 23.3. The summed E-state index contributed by atoms with van der Waals surface area (Å²) in [5, 5.41) is 6.06. The van der Waals surface area contributed by atoms with E-state index in [0.29, 0.717) is 39.3 Å². The molecule has 2 aromatic carbocycles. The number of benzene rings is 2. The molecule has 0 saturated carbocycles. The van der Waals surface area contributed by atoms with E-state index in [1.807, 2.05) is 0 Å². The highest BCUT2D eigenvalue weighted by Crippen LogP contribution is 2.36. The van der Waals surface area contributed by atoms with Gasteiger partial charge in [0.15, 0.2) is 0 Å². The van der Waals surface area contributed by atoms with Gasteiger partial charge in [-0.15, -0.1) is 0 Å². The maximum atomic E-state index is 12.9. The molecule has 0 saturated heterocycles. The lowest BCUT2D eigenvalue weighted by atomic mass is 10.2. The molecular formula is C22H22ClN3O6. The summed E-state index contributed by atoms with van der Waals surface area (Å²) >= 11 is 6.16. The third kappa shape index (κ3) is 5.12. The van der Waals surface area contributed by atoms with E-state index in [1.165, 1.54) is 38.4 Å². The average Bonchev–Trinajstić information content (AvgIpc) is 2.90. The van der Waals surface area contributed by atoms with Crippen molar-refractivity contribution >= 4 is 46.4 Å². The molecule has 9 nitrogen and oxygen atoms in total. The van der Waals surface area contributed by atoms with Crippen molar-refractivity contribution in [2.75, 3.05) is 43.4 Å². The van der Waals surface area contributed by atoms with Crippen molar-refractivity contribution in [1.29, 1.82) is 0 Å². The van der Waals surface area contributed by atoms with Crippen LogP contribution in [0.4, 0.5) is 17.1 Å². The number of methoxy groups -OCH3 is 3. The molecular weight excluding hydrogens is 438 g/mol. The molecule has 10 heteroatoms. The predicted molar refractivity (Wildman–Crippen MR) is 120 cm³/mol. The van der Waals surface area contributed by atoms with Crippen LogP contribution >= 0.6 is 11.6 Å². The number of hydrogen-bond acceptors (Lipinski definition) is 7. The number of nitrogens with zero attached hydrogens (tertiary/aromatic N) is 1. The Morgan fingerprint density at radius 2 is 1.81 bits per heavy atom. The summed E-state index contributed by atoms with van der Waals surface area (Å²) in [5.41, 5.74) is 1.76. The summed E-state index contributed by atoms with van der Waals surface area (Å²) in [6.45, 7) is -0.285. The fourth-order valence-corrected chi connectivity index (χ4v) is 3.39. The summed E-state index contributed by atoms with van der Waals surface area (Å²) in [6.07, 6.45) is 1.16. The quantitative estimate of drug-likeness (QED) is 0.612. The van der Waals surface area contributed by atoms with Gasteiger partial charge in [0.2, 0.25) is 5.91 Å². The van der Waals surface area contributed by atoms with E-state index in [-0.39, 0.29) is 13.0 Å². The number of ether oxygens (including phenoxy) is 3. The lowest BCUT2D eigenvalue weighted by Crippen LogP contribution is -2.37. The standard InChI is InChI=1S/C22H22ClN3O6/c1-30-18-11-19(31-2)16(10-14(18)23)25-20(27)12-26-17-7-5-4-6-15(17)24-13(8-21(26)28)9-22(29)32-3/h4-8,10-11,24H,9,12H2,1-3H3,(H,25,27). The van der Waals surface area contributed by atoms with E-state index >= 15 is 0 Å². The van der Waals surface area contributed by atoms with Crippen molar-refractivity contribution in [2.24, 2.45) is 0 Å². The van der Waals surface area contributed by atoms with Crippen molar-refractivity contribution in [2.45, 2.75) is 6.42 Å². The highest BCUT2D eigenvalue weighted by molar-refractivity contribution is 6.32. The summed E-state index contributed by atoms with van der Waals surface area (Å²) in [5.74, 6) is -0.686. The first-order chi connectivity index (χ1) is 15.4. The van der Waals surface area contributed by atoms with E-state index in [1.54, 1.807) is 30.3 Å². The van der Waals surface area contributed by atoms with Crippen LogP contribution in [-0.2, 0) is 19.1 Å². The monoisotopic (exact) mass is 459 g/mol. The molecule has 0 aliphatic carbocycles. The Morgan fingerprint density at radius 1 is 1.09 bits per heavy atom. The average molecular weight is 460 g/mol. The first kappa shape index (κ1) is 23.0. The fraction of sp³-hybridized carbons (Fsp3) is 0.227. The zero-order valence-electron chi connectivity index (χ0n) is 17.7. The Kier molecular flexibility index (Phi) is 7.21. The van der Waals surface area contributed by atoms with Gasteiger partial charge < -0.3 is 24.8 Å². The van der Waals surface area contributed by atoms with Crippen LogP contribution in [0.25, 0.3) is 0 Å². The maximum Gasteiger partial charge on any atom is 0.311 e. The predicted octanol–water partition coefficient (Wildman–Crippen LogP) is 3.20. The minimum Gasteiger partial charge on any atom is -0.495 e. The van der Waals surface area contributed by atoms with E-state index in [0.717, 1.165) is 0 Å². The summed E-state index contributed by atoms with van der Waals surface area (Å²) < 4.78 is 15.1. The molecule has 1 aliphatic rings. The van der Waals surface area contributed by atoms with Crippen LogP contribution in [0.3, 0.4) is 0 Å². The van der Waals surface area contributed by atoms with Gasteiger partial charge in [-0.3, -0.25) is 19.3 Å². The van der Waals surface area contributed by atoms with Crippen molar-refractivity contribution in [3.8, 4) is 11.5 Å². The SMILES string of the molecule is COC(=O)CC1=CC(=O)N(CC(=O)Nc2cc(Cl)c(OC)cc2OC)c2ccccc2N1. The number of nitrogens with one attached hydrogen (secondary N) is 2. The molecule has 2 amide bonds. The van der Waals surface area contributed by atoms with Gasteiger partial charge in [-0.2, -0.15) is 0 Å². The number of hydrogen-bond donors (Lipinski definition) is 2. The first-order valence-electron chi connectivity index (χ1n) is 9.52. The molecule has 32 heavy (non-hydrogen) atoms. The molecule has 1 heterocycles. The van der Waals surface area contributed by atoms with Gasteiger partial charge in [-0.05, 0) is 18.2 Å². The lowest BCUT2D eigenvalue weighted by Gasteiger charge is -2.22. The van der Waals surface area contributed by atoms with Crippen molar-refractivity contribution in [1.82, 2.24) is 0 Å². The first-order valence-corrected chi connectivity index (χ1v) is 9.90. The van der Waals surface area contributed by atoms with E-state index in [2.05, 4.69) is 15.4 Å². The van der Waals surface area contributed by atoms with Gasteiger partial charge in [-0.1, -0.05) is 23.7 Å². The number of carbonyl (C=O) groups excluding carboxylic acids is 3. The van der Waals surface area contributed by atoms with Gasteiger partial charge in [0.25, 0.3) is 5.91 Å². The lowest BCUT2D eigenvalue weighted by molar-refractivity contribution is -0.139. The number of rotatable bonds is 7. The Morgan fingerprint density at radius 3 is 2.50 bits per heavy atom. The molecule has 0 bridgehead atoms. The Bertz CT molecular complexity index is 1090. The topological polar surface area (TPSA) is 106 Å². The van der Waals surface area contributed by atoms with Gasteiger partial charge in [-0.25, -0.2) is 0 Å². The van der Waals surface area contributed by atoms with Crippen LogP contribution in [0, 0.1) is 0 Å². The zero-order valence-corrected chi connectivity index (χ0v) is 18.5. The number of para-hydroxylation sites is 2. The maximum absolute atomic E-state index is 12.9. The van der Waals surface area contributed by atoms with E-state index < -0.39 is 17.8 Å². The number of amides is 2. The second kappa shape index (κ2) is 10.1. The molecule has 0 atom stereocenters. The molecule has 0 spiro atoms. The second-order valence-corrected chi connectivity index (χ2v) is 7.13. The molecule has 0 fully saturated rings. The fourth-order valence-electron chi connectivity index (χ4n) is 3.15. The summed E-state index contributed by atoms with van der Waals surface area (Å²) in [6, 6.07) is 10.0. The van der Waals surface area contributed by atoms with E-state index in [9.17, 15) is 14.4 Å². The molecule has 2 aromatic rings. The number of anilines is 3. The van der Waals surface area contributed by atoms with Crippen LogP contribution in [0.15, 0.2) is 48.2 Å². The third-order valence-electron chi connectivity index (χ3n) is 4.67. The van der Waals surface area contributed by atoms with Crippen LogP contribution in [0.5, 0.6) is 11.5 Å². The molecule has 1 aliphatic heterocycles. The van der Waals surface area contributed by atoms with Crippen LogP contribution in [0.2, 0.25) is 5.02 Å². The highest BCUT2D eigenvalue weighted by atomic mass is 35.5. The van der Waals surface area contributed by atoms with Crippen LogP contribution in [0.1, 0.15) is 6.42 Å². The number of carbonyl (C=O) groups is 3. The normalized spacial score (nSPS) is 12.7. The number of fused-ring (bicyclic) bond motifs is 1. The molecule has 2 N–H and O–H groups in total. The van der Waals surface area contributed by atoms with E-state index in [4.69, 9.17) is 21.1 Å². The summed E-state index contributed by atoms with van der Waals surface area (Å²) in [4.78, 5) is 38.7. The molecule has 3 rings (SSSR count). The van der Waals surface area contributed by atoms with Crippen molar-refractivity contribution < 1.29 is 28.6 Å². The van der Waals surface area contributed by atoms with Gasteiger partial charge in [0.05, 0.1) is 49.8 Å². The van der Waals surface area contributed by atoms with Crippen molar-refractivity contribution in [3.63, 3.8) is 0 Å². The minimum atomic E-state index is -0.497.